The van der Waals surface area contributed by atoms with Crippen LogP contribution in [-0.4, -0.2) is 36.9 Å². The van der Waals surface area contributed by atoms with E-state index in [0.717, 1.165) is 17.0 Å². The lowest BCUT2D eigenvalue weighted by atomic mass is 10.1. The molecule has 1 atom stereocenters. The molecule has 4 rings (SSSR count). The quantitative estimate of drug-likeness (QED) is 0.627. The summed E-state index contributed by atoms with van der Waals surface area (Å²) in [5.74, 6) is -0.348. The molecule has 0 N–H and O–H groups in total. The van der Waals surface area contributed by atoms with E-state index in [1.807, 2.05) is 0 Å². The number of rotatable bonds is 3. The monoisotopic (exact) mass is 417 g/mol. The number of carbonyl (C=O) groups excluding carboxylic acids is 1. The van der Waals surface area contributed by atoms with E-state index in [9.17, 15) is 18.0 Å². The Bertz CT molecular complexity index is 1110. The molecule has 1 aliphatic heterocycles. The fraction of sp³-hybridized carbons (Fsp3) is 0.429. The van der Waals surface area contributed by atoms with Gasteiger partial charge >= 0.3 is 6.18 Å². The summed E-state index contributed by atoms with van der Waals surface area (Å²) >= 11 is 0. The van der Waals surface area contributed by atoms with Crippen LogP contribution < -0.4 is 0 Å². The summed E-state index contributed by atoms with van der Waals surface area (Å²) in [6, 6.07) is 5.62. The smallest absolute Gasteiger partial charge is 0.330 e. The first kappa shape index (κ1) is 20.3. The topological polar surface area (TPSA) is 63.4 Å². The maximum atomic E-state index is 13.7. The van der Waals surface area contributed by atoms with Crippen LogP contribution in [0.25, 0.3) is 5.65 Å². The van der Waals surface area contributed by atoms with E-state index in [0.29, 0.717) is 35.6 Å². The van der Waals surface area contributed by atoms with E-state index in [-0.39, 0.29) is 17.5 Å². The number of fused-ring (bicyclic) bond motifs is 1. The van der Waals surface area contributed by atoms with Crippen molar-refractivity contribution >= 4 is 11.6 Å². The van der Waals surface area contributed by atoms with Gasteiger partial charge in [-0.3, -0.25) is 9.78 Å². The molecule has 4 heterocycles. The number of alkyl halides is 3. The molecule has 0 bridgehead atoms. The second-order valence-electron chi connectivity index (χ2n) is 7.85. The zero-order valence-electron chi connectivity index (χ0n) is 16.9. The zero-order valence-corrected chi connectivity index (χ0v) is 16.9. The number of hydrogen-bond donors (Lipinski definition) is 0. The number of nitrogens with zero attached hydrogens (tertiary/aromatic N) is 5. The summed E-state index contributed by atoms with van der Waals surface area (Å²) in [5, 5.41) is 4.23. The van der Waals surface area contributed by atoms with Crippen LogP contribution in [0.4, 0.5) is 13.2 Å². The molecule has 0 aliphatic carbocycles. The van der Waals surface area contributed by atoms with Crippen molar-refractivity contribution in [2.24, 2.45) is 0 Å². The molecule has 1 saturated heterocycles. The normalized spacial score (nSPS) is 17.3. The lowest BCUT2D eigenvalue weighted by Gasteiger charge is -2.23. The second-order valence-corrected chi connectivity index (χ2v) is 7.85. The highest BCUT2D eigenvalue weighted by atomic mass is 19.4. The van der Waals surface area contributed by atoms with E-state index in [1.54, 1.807) is 50.1 Å². The van der Waals surface area contributed by atoms with Gasteiger partial charge in [-0.05, 0) is 43.9 Å². The van der Waals surface area contributed by atoms with Crippen molar-refractivity contribution in [2.75, 3.05) is 6.54 Å². The maximum Gasteiger partial charge on any atom is 0.433 e. The van der Waals surface area contributed by atoms with Crippen molar-refractivity contribution in [1.82, 2.24) is 24.5 Å². The largest absolute Gasteiger partial charge is 0.433 e. The molecule has 1 amide bonds. The Hall–Kier alpha value is -2.97. The van der Waals surface area contributed by atoms with Gasteiger partial charge in [0.2, 0.25) is 0 Å². The van der Waals surface area contributed by atoms with Gasteiger partial charge in [0.15, 0.2) is 5.65 Å². The fourth-order valence-electron chi connectivity index (χ4n) is 3.85. The molecule has 1 aliphatic rings. The summed E-state index contributed by atoms with van der Waals surface area (Å²) in [5.41, 5.74) is 1.16. The lowest BCUT2D eigenvalue weighted by molar-refractivity contribution is -0.142. The number of likely N-dealkylation sites (tertiary alicyclic amines) is 1. The third kappa shape index (κ3) is 3.53. The lowest BCUT2D eigenvalue weighted by Crippen LogP contribution is -2.31. The van der Waals surface area contributed by atoms with Gasteiger partial charge in [0.1, 0.15) is 5.69 Å². The van der Waals surface area contributed by atoms with Gasteiger partial charge in [0, 0.05) is 30.2 Å². The predicted molar refractivity (Wildman–Crippen MR) is 104 cm³/mol. The average Bonchev–Trinajstić information content (AvgIpc) is 3.32. The Morgan fingerprint density at radius 1 is 1.27 bits per heavy atom. The van der Waals surface area contributed by atoms with Crippen LogP contribution in [0.5, 0.6) is 0 Å². The summed E-state index contributed by atoms with van der Waals surface area (Å²) in [7, 11) is 0. The Morgan fingerprint density at radius 3 is 2.70 bits per heavy atom. The highest BCUT2D eigenvalue weighted by Gasteiger charge is 2.37. The second kappa shape index (κ2) is 7.37. The molecule has 0 unspecified atom stereocenters. The molecular formula is C21H22F3N5O. The number of amides is 1. The minimum absolute atomic E-state index is 0.139. The molecule has 6 nitrogen and oxygen atoms in total. The van der Waals surface area contributed by atoms with Crippen molar-refractivity contribution in [1.29, 1.82) is 0 Å². The Labute approximate surface area is 171 Å². The number of carbonyl (C=O) groups is 1. The van der Waals surface area contributed by atoms with Crippen molar-refractivity contribution in [3.8, 4) is 0 Å². The van der Waals surface area contributed by atoms with Crippen molar-refractivity contribution in [2.45, 2.75) is 51.7 Å². The fourth-order valence-corrected chi connectivity index (χ4v) is 3.85. The van der Waals surface area contributed by atoms with Gasteiger partial charge in [-0.25, -0.2) is 9.50 Å². The maximum absolute atomic E-state index is 13.7. The molecular weight excluding hydrogens is 395 g/mol. The SMILES string of the molecule is Cc1ncccc1C(=O)N1CCC[C@H]1c1cc2nc(C(C)C)cc(C(F)(F)F)n2n1. The number of aryl methyl sites for hydroxylation is 1. The van der Waals surface area contributed by atoms with Crippen LogP contribution in [0.1, 0.15) is 71.8 Å². The average molecular weight is 417 g/mol. The molecule has 158 valence electrons. The van der Waals surface area contributed by atoms with E-state index in [1.165, 1.54) is 0 Å². The summed E-state index contributed by atoms with van der Waals surface area (Å²) < 4.78 is 41.8. The molecule has 0 radical (unpaired) electrons. The Morgan fingerprint density at radius 2 is 2.03 bits per heavy atom. The van der Waals surface area contributed by atoms with Crippen LogP contribution in [0.15, 0.2) is 30.5 Å². The van der Waals surface area contributed by atoms with Crippen LogP contribution >= 0.6 is 0 Å². The van der Waals surface area contributed by atoms with Crippen LogP contribution in [0.2, 0.25) is 0 Å². The molecule has 3 aromatic rings. The number of aromatic nitrogens is 4. The first-order valence-corrected chi connectivity index (χ1v) is 9.87. The summed E-state index contributed by atoms with van der Waals surface area (Å²) in [6.07, 6.45) is -1.56. The Kier molecular flexibility index (Phi) is 4.99. The summed E-state index contributed by atoms with van der Waals surface area (Å²) in [4.78, 5) is 23.3. The van der Waals surface area contributed by atoms with Crippen molar-refractivity contribution < 1.29 is 18.0 Å². The van der Waals surface area contributed by atoms with Gasteiger partial charge in [0.25, 0.3) is 5.91 Å². The minimum atomic E-state index is -4.56. The highest BCUT2D eigenvalue weighted by Crippen LogP contribution is 2.35. The molecule has 9 heteroatoms. The third-order valence-corrected chi connectivity index (χ3v) is 5.44. The van der Waals surface area contributed by atoms with Crippen LogP contribution in [-0.2, 0) is 6.18 Å². The van der Waals surface area contributed by atoms with Crippen LogP contribution in [0, 0.1) is 6.92 Å². The molecule has 0 spiro atoms. The number of pyridine rings is 1. The van der Waals surface area contributed by atoms with Gasteiger partial charge in [-0.15, -0.1) is 0 Å². The number of hydrogen-bond acceptors (Lipinski definition) is 4. The standard InChI is InChI=1S/C21H22F3N5O/c1-12(2)15-10-18(21(22,23)24)29-19(26-15)11-16(27-29)17-7-5-9-28(17)20(30)14-6-4-8-25-13(14)3/h4,6,8,10-12,17H,5,7,9H2,1-3H3/t17-/m0/s1. The zero-order chi connectivity index (χ0) is 21.6. The van der Waals surface area contributed by atoms with E-state index in [4.69, 9.17) is 0 Å². The minimum Gasteiger partial charge on any atom is -0.330 e. The van der Waals surface area contributed by atoms with E-state index < -0.39 is 17.9 Å². The predicted octanol–water partition coefficient (Wildman–Crippen LogP) is 4.55. The van der Waals surface area contributed by atoms with E-state index in [2.05, 4.69) is 15.1 Å². The molecule has 30 heavy (non-hydrogen) atoms. The Balaban J connectivity index is 1.77. The first-order chi connectivity index (χ1) is 14.2. The number of halogens is 3. The van der Waals surface area contributed by atoms with Gasteiger partial charge in [-0.1, -0.05) is 13.8 Å². The molecule has 3 aromatic heterocycles. The van der Waals surface area contributed by atoms with Crippen molar-refractivity contribution in [3.05, 3.63) is 58.8 Å². The molecule has 1 fully saturated rings. The van der Waals surface area contributed by atoms with E-state index >= 15 is 0 Å². The highest BCUT2D eigenvalue weighted by molar-refractivity contribution is 5.95. The summed E-state index contributed by atoms with van der Waals surface area (Å²) in [6.45, 7) is 5.87. The molecule has 0 saturated carbocycles. The van der Waals surface area contributed by atoms with Gasteiger partial charge in [0.05, 0.1) is 17.3 Å². The van der Waals surface area contributed by atoms with Crippen LogP contribution in [0.3, 0.4) is 0 Å². The van der Waals surface area contributed by atoms with Gasteiger partial charge < -0.3 is 4.90 Å². The van der Waals surface area contributed by atoms with Crippen molar-refractivity contribution in [3.63, 3.8) is 0 Å². The molecule has 0 aromatic carbocycles. The first-order valence-electron chi connectivity index (χ1n) is 9.87. The van der Waals surface area contributed by atoms with Gasteiger partial charge in [-0.2, -0.15) is 18.3 Å². The third-order valence-electron chi connectivity index (χ3n) is 5.44.